The van der Waals surface area contributed by atoms with E-state index in [4.69, 9.17) is 0 Å². The third kappa shape index (κ3) is 3.24. The molecule has 3 aromatic rings. The summed E-state index contributed by atoms with van der Waals surface area (Å²) in [5.41, 5.74) is 5.01. The molecule has 0 atom stereocenters. The van der Waals surface area contributed by atoms with E-state index in [0.717, 1.165) is 27.6 Å². The van der Waals surface area contributed by atoms with E-state index in [1.165, 1.54) is 12.1 Å². The number of nitrogens with one attached hydrogen (secondary N) is 2. The van der Waals surface area contributed by atoms with Crippen LogP contribution in [-0.4, -0.2) is 9.91 Å². The van der Waals surface area contributed by atoms with Crippen LogP contribution in [0.3, 0.4) is 0 Å². The molecule has 0 radical (unpaired) electrons. The first-order chi connectivity index (χ1) is 11.9. The van der Waals surface area contributed by atoms with Gasteiger partial charge in [0.15, 0.2) is 0 Å². The number of hydrogen-bond donors (Lipinski definition) is 2. The Labute approximate surface area is 144 Å². The van der Waals surface area contributed by atoms with Crippen molar-refractivity contribution >= 4 is 22.3 Å². The molecule has 6 nitrogen and oxygen atoms in total. The maximum absolute atomic E-state index is 12.4. The molecule has 0 saturated carbocycles. The van der Waals surface area contributed by atoms with Gasteiger partial charge in [0.2, 0.25) is 0 Å². The first kappa shape index (κ1) is 16.7. The molecule has 2 aromatic carbocycles. The first-order valence-corrected chi connectivity index (χ1v) is 7.98. The summed E-state index contributed by atoms with van der Waals surface area (Å²) in [5.74, 6) is 0. The molecule has 0 fully saturated rings. The number of hydrogen-bond acceptors (Lipinski definition) is 4. The second-order valence-electron chi connectivity index (χ2n) is 6.21. The van der Waals surface area contributed by atoms with Crippen LogP contribution in [0, 0.1) is 30.9 Å². The molecule has 25 heavy (non-hydrogen) atoms. The highest BCUT2D eigenvalue weighted by atomic mass is 16.6. The average Bonchev–Trinajstić information content (AvgIpc) is 2.58. The lowest BCUT2D eigenvalue weighted by Crippen LogP contribution is -2.16. The Hall–Kier alpha value is -3.15. The van der Waals surface area contributed by atoms with Crippen molar-refractivity contribution in [3.05, 3.63) is 79.1 Å². The molecular weight excluding hydrogens is 318 g/mol. The minimum Gasteiger partial charge on any atom is -0.380 e. The number of H-pyrrole nitrogens is 1. The van der Waals surface area contributed by atoms with E-state index >= 15 is 0 Å². The molecule has 0 aliphatic heterocycles. The number of anilines is 1. The number of aromatic amines is 1. The SMILES string of the molecule is Cc1ccc([N+](=O)[O-])cc1NCc1cc2ccc(C)c(C)c2[nH]c1=O. The van der Waals surface area contributed by atoms with Crippen LogP contribution in [0.4, 0.5) is 11.4 Å². The summed E-state index contributed by atoms with van der Waals surface area (Å²) in [7, 11) is 0. The van der Waals surface area contributed by atoms with Gasteiger partial charge in [-0.1, -0.05) is 18.2 Å². The number of nitro groups is 1. The van der Waals surface area contributed by atoms with Gasteiger partial charge >= 0.3 is 0 Å². The molecule has 128 valence electrons. The van der Waals surface area contributed by atoms with Crippen molar-refractivity contribution in [3.63, 3.8) is 0 Å². The summed E-state index contributed by atoms with van der Waals surface area (Å²) in [6, 6.07) is 10.5. The standard InChI is InChI=1S/C19H19N3O3/c1-11-4-6-14-8-15(19(23)21-18(14)13(11)3)10-20-17-9-16(22(24)25)7-5-12(17)2/h4-9,20H,10H2,1-3H3,(H,21,23). The zero-order valence-corrected chi connectivity index (χ0v) is 14.3. The number of nitrogens with zero attached hydrogens (tertiary/aromatic N) is 1. The molecule has 0 spiro atoms. The Bertz CT molecular complexity index is 1040. The van der Waals surface area contributed by atoms with Gasteiger partial charge in [-0.05, 0) is 48.9 Å². The molecule has 0 aliphatic carbocycles. The summed E-state index contributed by atoms with van der Waals surface area (Å²) >= 11 is 0. The van der Waals surface area contributed by atoms with Crippen molar-refractivity contribution < 1.29 is 4.92 Å². The summed E-state index contributed by atoms with van der Waals surface area (Å²) < 4.78 is 0. The molecule has 1 aromatic heterocycles. The Morgan fingerprint density at radius 2 is 1.80 bits per heavy atom. The molecule has 2 N–H and O–H groups in total. The predicted octanol–water partition coefficient (Wildman–Crippen LogP) is 3.97. The molecule has 6 heteroatoms. The molecule has 3 rings (SSSR count). The summed E-state index contributed by atoms with van der Waals surface area (Å²) in [4.78, 5) is 25.8. The Morgan fingerprint density at radius 3 is 2.52 bits per heavy atom. The summed E-state index contributed by atoms with van der Waals surface area (Å²) in [6.07, 6.45) is 0. The lowest BCUT2D eigenvalue weighted by molar-refractivity contribution is -0.384. The number of rotatable bonds is 4. The fraction of sp³-hybridized carbons (Fsp3) is 0.211. The highest BCUT2D eigenvalue weighted by Crippen LogP contribution is 2.23. The van der Waals surface area contributed by atoms with Crippen LogP contribution in [0.2, 0.25) is 0 Å². The van der Waals surface area contributed by atoms with E-state index in [-0.39, 0.29) is 11.2 Å². The van der Waals surface area contributed by atoms with Gasteiger partial charge < -0.3 is 10.3 Å². The zero-order chi connectivity index (χ0) is 18.1. The normalized spacial score (nSPS) is 10.8. The van der Waals surface area contributed by atoms with Crippen molar-refractivity contribution in [1.82, 2.24) is 4.98 Å². The predicted molar refractivity (Wildman–Crippen MR) is 99.2 cm³/mol. The third-order valence-corrected chi connectivity index (χ3v) is 4.53. The van der Waals surface area contributed by atoms with Gasteiger partial charge in [0.25, 0.3) is 11.2 Å². The largest absolute Gasteiger partial charge is 0.380 e. The number of fused-ring (bicyclic) bond motifs is 1. The topological polar surface area (TPSA) is 88.0 Å². The summed E-state index contributed by atoms with van der Waals surface area (Å²) in [5, 5.41) is 15.0. The monoisotopic (exact) mass is 337 g/mol. The van der Waals surface area contributed by atoms with E-state index in [1.807, 2.05) is 39.0 Å². The van der Waals surface area contributed by atoms with Gasteiger partial charge in [-0.25, -0.2) is 0 Å². The van der Waals surface area contributed by atoms with Gasteiger partial charge in [-0.2, -0.15) is 0 Å². The Balaban J connectivity index is 1.93. The second kappa shape index (κ2) is 6.39. The second-order valence-corrected chi connectivity index (χ2v) is 6.21. The summed E-state index contributed by atoms with van der Waals surface area (Å²) in [6.45, 7) is 6.15. The molecule has 0 amide bonds. The molecular formula is C19H19N3O3. The highest BCUT2D eigenvalue weighted by Gasteiger charge is 2.10. The molecule has 1 heterocycles. The van der Waals surface area contributed by atoms with Gasteiger partial charge in [-0.3, -0.25) is 14.9 Å². The van der Waals surface area contributed by atoms with Crippen LogP contribution < -0.4 is 10.9 Å². The van der Waals surface area contributed by atoms with Crippen molar-refractivity contribution in [2.24, 2.45) is 0 Å². The van der Waals surface area contributed by atoms with Gasteiger partial charge in [-0.15, -0.1) is 0 Å². The fourth-order valence-electron chi connectivity index (χ4n) is 2.81. The zero-order valence-electron chi connectivity index (χ0n) is 14.3. The number of pyridine rings is 1. The van der Waals surface area contributed by atoms with E-state index in [2.05, 4.69) is 10.3 Å². The van der Waals surface area contributed by atoms with Crippen molar-refractivity contribution in [2.75, 3.05) is 5.32 Å². The fourth-order valence-corrected chi connectivity index (χ4v) is 2.81. The van der Waals surface area contributed by atoms with Gasteiger partial charge in [0.1, 0.15) is 0 Å². The van der Waals surface area contributed by atoms with Crippen molar-refractivity contribution in [1.29, 1.82) is 0 Å². The minimum absolute atomic E-state index is 0.0200. The molecule has 0 unspecified atom stereocenters. The van der Waals surface area contributed by atoms with E-state index in [9.17, 15) is 14.9 Å². The van der Waals surface area contributed by atoms with Crippen LogP contribution in [0.5, 0.6) is 0 Å². The molecule has 0 saturated heterocycles. The quantitative estimate of drug-likeness (QED) is 0.557. The van der Waals surface area contributed by atoms with Crippen LogP contribution in [-0.2, 0) is 6.54 Å². The Kier molecular flexibility index (Phi) is 4.27. The van der Waals surface area contributed by atoms with E-state index in [1.54, 1.807) is 6.07 Å². The molecule has 0 aliphatic rings. The average molecular weight is 337 g/mol. The maximum atomic E-state index is 12.4. The lowest BCUT2D eigenvalue weighted by atomic mass is 10.0. The number of aromatic nitrogens is 1. The highest BCUT2D eigenvalue weighted by molar-refractivity contribution is 5.83. The molecule has 0 bridgehead atoms. The Morgan fingerprint density at radius 1 is 1.08 bits per heavy atom. The van der Waals surface area contributed by atoms with Crippen LogP contribution in [0.15, 0.2) is 41.2 Å². The maximum Gasteiger partial charge on any atom is 0.271 e. The van der Waals surface area contributed by atoms with Crippen molar-refractivity contribution in [2.45, 2.75) is 27.3 Å². The van der Waals surface area contributed by atoms with E-state index < -0.39 is 4.92 Å². The smallest absolute Gasteiger partial charge is 0.271 e. The number of non-ortho nitro benzene ring substituents is 1. The van der Waals surface area contributed by atoms with E-state index in [0.29, 0.717) is 17.8 Å². The minimum atomic E-state index is -0.432. The van der Waals surface area contributed by atoms with Crippen LogP contribution in [0.25, 0.3) is 10.9 Å². The lowest BCUT2D eigenvalue weighted by Gasteiger charge is -2.11. The van der Waals surface area contributed by atoms with Gasteiger partial charge in [0, 0.05) is 29.9 Å². The van der Waals surface area contributed by atoms with Crippen LogP contribution in [0.1, 0.15) is 22.3 Å². The third-order valence-electron chi connectivity index (χ3n) is 4.53. The first-order valence-electron chi connectivity index (χ1n) is 7.98. The number of benzene rings is 2. The number of aryl methyl sites for hydroxylation is 3. The van der Waals surface area contributed by atoms with Crippen molar-refractivity contribution in [3.8, 4) is 0 Å². The van der Waals surface area contributed by atoms with Gasteiger partial charge in [0.05, 0.1) is 10.4 Å². The number of nitro benzene ring substituents is 1. The van der Waals surface area contributed by atoms with Crippen LogP contribution >= 0.6 is 0 Å².